The number of carbonyl (C=O) groups excluding carboxylic acids is 1. The van der Waals surface area contributed by atoms with Crippen molar-refractivity contribution >= 4 is 17.2 Å². The van der Waals surface area contributed by atoms with Gasteiger partial charge in [0.15, 0.2) is 0 Å². The van der Waals surface area contributed by atoms with Crippen LogP contribution in [0, 0.1) is 5.92 Å². The summed E-state index contributed by atoms with van der Waals surface area (Å²) in [5, 5.41) is 0.966. The van der Waals surface area contributed by atoms with Crippen LogP contribution in [0.2, 0.25) is 0 Å². The first-order valence-electron chi connectivity index (χ1n) is 5.89. The van der Waals surface area contributed by atoms with E-state index in [1.807, 2.05) is 20.0 Å². The molecule has 1 rings (SSSR count). The lowest BCUT2D eigenvalue weighted by molar-refractivity contribution is -0.132. The summed E-state index contributed by atoms with van der Waals surface area (Å²) in [6.07, 6.45) is 2.86. The highest BCUT2D eigenvalue weighted by molar-refractivity contribution is 7.11. The summed E-state index contributed by atoms with van der Waals surface area (Å²) in [4.78, 5) is 19.1. The van der Waals surface area contributed by atoms with Crippen molar-refractivity contribution in [1.82, 2.24) is 9.88 Å². The number of likely N-dealkylation sites (N-methyl/N-ethyl adjacent to an activating group) is 1. The fourth-order valence-electron chi connectivity index (χ4n) is 1.41. The van der Waals surface area contributed by atoms with Crippen LogP contribution in [0.4, 0.5) is 0 Å². The number of hydrogen-bond acceptors (Lipinski definition) is 4. The van der Waals surface area contributed by atoms with E-state index in [1.165, 1.54) is 4.88 Å². The summed E-state index contributed by atoms with van der Waals surface area (Å²) in [5.74, 6) is 0.140. The summed E-state index contributed by atoms with van der Waals surface area (Å²) in [5.41, 5.74) is 5.84. The van der Waals surface area contributed by atoms with Gasteiger partial charge in [0, 0.05) is 18.1 Å². The molecule has 2 N–H and O–H groups in total. The van der Waals surface area contributed by atoms with Gasteiger partial charge in [0.05, 0.1) is 12.6 Å². The molecule has 0 aromatic carbocycles. The number of aromatic nitrogens is 1. The molecule has 0 spiro atoms. The predicted molar refractivity (Wildman–Crippen MR) is 70.8 cm³/mol. The Labute approximate surface area is 107 Å². The van der Waals surface area contributed by atoms with Gasteiger partial charge in [-0.3, -0.25) is 4.79 Å². The van der Waals surface area contributed by atoms with Crippen molar-refractivity contribution in [2.45, 2.75) is 39.8 Å². The van der Waals surface area contributed by atoms with Gasteiger partial charge in [0.2, 0.25) is 5.91 Å². The average molecular weight is 255 g/mol. The molecule has 17 heavy (non-hydrogen) atoms. The Bertz CT molecular complexity index is 376. The molecule has 1 aromatic heterocycles. The zero-order chi connectivity index (χ0) is 13.0. The van der Waals surface area contributed by atoms with Gasteiger partial charge in [-0.25, -0.2) is 4.98 Å². The van der Waals surface area contributed by atoms with Crippen LogP contribution in [0.3, 0.4) is 0 Å². The molecule has 1 heterocycles. The Kier molecular flexibility index (Phi) is 5.08. The topological polar surface area (TPSA) is 59.2 Å². The number of amides is 1. The molecule has 0 bridgehead atoms. The first kappa shape index (κ1) is 14.1. The fraction of sp³-hybridized carbons (Fsp3) is 0.667. The van der Waals surface area contributed by atoms with Gasteiger partial charge in [-0.15, -0.1) is 11.3 Å². The van der Waals surface area contributed by atoms with E-state index in [0.29, 0.717) is 6.54 Å². The molecule has 0 radical (unpaired) electrons. The second-order valence-corrected chi connectivity index (χ2v) is 5.74. The average Bonchev–Trinajstić information content (AvgIpc) is 2.74. The third kappa shape index (κ3) is 3.78. The largest absolute Gasteiger partial charge is 0.338 e. The van der Waals surface area contributed by atoms with Crippen molar-refractivity contribution in [3.63, 3.8) is 0 Å². The van der Waals surface area contributed by atoms with Crippen LogP contribution >= 0.6 is 11.3 Å². The van der Waals surface area contributed by atoms with Crippen molar-refractivity contribution in [2.24, 2.45) is 11.7 Å². The van der Waals surface area contributed by atoms with E-state index in [-0.39, 0.29) is 11.8 Å². The van der Waals surface area contributed by atoms with E-state index in [2.05, 4.69) is 11.9 Å². The highest BCUT2D eigenvalue weighted by Crippen LogP contribution is 2.15. The molecule has 0 aliphatic heterocycles. The number of aryl methyl sites for hydroxylation is 1. The maximum Gasteiger partial charge on any atom is 0.239 e. The summed E-state index contributed by atoms with van der Waals surface area (Å²) < 4.78 is 0. The van der Waals surface area contributed by atoms with Crippen molar-refractivity contribution in [2.75, 3.05) is 7.05 Å². The number of nitrogens with zero attached hydrogens (tertiary/aromatic N) is 2. The van der Waals surface area contributed by atoms with E-state index < -0.39 is 6.04 Å². The van der Waals surface area contributed by atoms with Crippen LogP contribution in [0.25, 0.3) is 0 Å². The summed E-state index contributed by atoms with van der Waals surface area (Å²) >= 11 is 1.65. The molecule has 1 amide bonds. The number of nitrogens with two attached hydrogens (primary N) is 1. The van der Waals surface area contributed by atoms with Gasteiger partial charge in [-0.1, -0.05) is 20.8 Å². The van der Waals surface area contributed by atoms with Crippen molar-refractivity contribution in [1.29, 1.82) is 0 Å². The van der Waals surface area contributed by atoms with E-state index in [1.54, 1.807) is 23.3 Å². The summed E-state index contributed by atoms with van der Waals surface area (Å²) in [6, 6.07) is -0.425. The minimum Gasteiger partial charge on any atom is -0.338 e. The lowest BCUT2D eigenvalue weighted by atomic mass is 10.0. The van der Waals surface area contributed by atoms with Crippen molar-refractivity contribution in [3.8, 4) is 0 Å². The van der Waals surface area contributed by atoms with E-state index in [4.69, 9.17) is 5.73 Å². The molecule has 1 atom stereocenters. The first-order valence-corrected chi connectivity index (χ1v) is 6.71. The van der Waals surface area contributed by atoms with Crippen LogP contribution in [-0.4, -0.2) is 28.9 Å². The summed E-state index contributed by atoms with van der Waals surface area (Å²) in [6.45, 7) is 6.55. The Balaban J connectivity index is 2.59. The predicted octanol–water partition coefficient (Wildman–Crippen LogP) is 1.65. The SMILES string of the molecule is CCc1cnc(CN(C)C(=O)[C@@H](N)C(C)C)s1. The Morgan fingerprint density at radius 2 is 2.24 bits per heavy atom. The van der Waals surface area contributed by atoms with Gasteiger partial charge in [-0.2, -0.15) is 0 Å². The monoisotopic (exact) mass is 255 g/mol. The van der Waals surface area contributed by atoms with Gasteiger partial charge in [-0.05, 0) is 12.3 Å². The Morgan fingerprint density at radius 1 is 1.59 bits per heavy atom. The normalized spacial score (nSPS) is 12.8. The number of thiazole rings is 1. The number of rotatable bonds is 5. The van der Waals surface area contributed by atoms with E-state index in [0.717, 1.165) is 11.4 Å². The maximum atomic E-state index is 11.9. The highest BCUT2D eigenvalue weighted by Gasteiger charge is 2.21. The fourth-order valence-corrected chi connectivity index (χ4v) is 2.32. The van der Waals surface area contributed by atoms with Crippen LogP contribution in [0.1, 0.15) is 30.7 Å². The van der Waals surface area contributed by atoms with Crippen molar-refractivity contribution in [3.05, 3.63) is 16.1 Å². The van der Waals surface area contributed by atoms with Crippen LogP contribution in [0.5, 0.6) is 0 Å². The molecule has 96 valence electrons. The molecular weight excluding hydrogens is 234 g/mol. The minimum absolute atomic E-state index is 0.0201. The summed E-state index contributed by atoms with van der Waals surface area (Å²) in [7, 11) is 1.78. The molecule has 5 heteroatoms. The second kappa shape index (κ2) is 6.12. The molecule has 0 aliphatic rings. The Morgan fingerprint density at radius 3 is 2.71 bits per heavy atom. The molecular formula is C12H21N3OS. The maximum absolute atomic E-state index is 11.9. The number of hydrogen-bond donors (Lipinski definition) is 1. The van der Waals surface area contributed by atoms with Gasteiger partial charge >= 0.3 is 0 Å². The molecule has 1 aromatic rings. The highest BCUT2D eigenvalue weighted by atomic mass is 32.1. The molecule has 0 fully saturated rings. The third-order valence-corrected chi connectivity index (χ3v) is 3.83. The van der Waals surface area contributed by atoms with Crippen LogP contribution in [-0.2, 0) is 17.8 Å². The second-order valence-electron chi connectivity index (χ2n) is 4.54. The smallest absolute Gasteiger partial charge is 0.239 e. The molecule has 4 nitrogen and oxygen atoms in total. The zero-order valence-corrected chi connectivity index (χ0v) is 11.8. The molecule has 0 aliphatic carbocycles. The lowest BCUT2D eigenvalue weighted by Gasteiger charge is -2.22. The van der Waals surface area contributed by atoms with Gasteiger partial charge < -0.3 is 10.6 Å². The lowest BCUT2D eigenvalue weighted by Crippen LogP contribution is -2.44. The van der Waals surface area contributed by atoms with Crippen LogP contribution < -0.4 is 5.73 Å². The van der Waals surface area contributed by atoms with Gasteiger partial charge in [0.1, 0.15) is 5.01 Å². The van der Waals surface area contributed by atoms with Crippen molar-refractivity contribution < 1.29 is 4.79 Å². The van der Waals surface area contributed by atoms with Crippen LogP contribution in [0.15, 0.2) is 6.20 Å². The molecule has 0 unspecified atom stereocenters. The third-order valence-electron chi connectivity index (χ3n) is 2.70. The first-order chi connectivity index (χ1) is 7.95. The molecule has 0 saturated heterocycles. The number of carbonyl (C=O) groups is 1. The quantitative estimate of drug-likeness (QED) is 0.870. The standard InChI is InChI=1S/C12H21N3OS/c1-5-9-6-14-10(17-9)7-15(4)12(16)11(13)8(2)3/h6,8,11H,5,7,13H2,1-4H3/t11-/m0/s1. The Hall–Kier alpha value is -0.940. The zero-order valence-electron chi connectivity index (χ0n) is 10.9. The van der Waals surface area contributed by atoms with E-state index >= 15 is 0 Å². The minimum atomic E-state index is -0.425. The molecule has 0 saturated carbocycles. The van der Waals surface area contributed by atoms with Gasteiger partial charge in [0.25, 0.3) is 0 Å². The van der Waals surface area contributed by atoms with E-state index in [9.17, 15) is 4.79 Å².